The average Bonchev–Trinajstić information content (AvgIpc) is 3.40. The van der Waals surface area contributed by atoms with Crippen molar-refractivity contribution in [3.8, 4) is 11.5 Å². The standard InChI is InChI=1S/C23H19FN4O4/c24-16-9-7-14(8-10-16)20-25-26-21(32-20)15-4-3-11-27(12-15)19(29)13-28-22(30)17-5-1-2-6-18(17)23(28)31/h1-2,5-10,15H,3-4,11-13H2. The maximum atomic E-state index is 13.1. The molecule has 0 aliphatic carbocycles. The van der Waals surface area contributed by atoms with Crippen LogP contribution in [-0.2, 0) is 4.79 Å². The summed E-state index contributed by atoms with van der Waals surface area (Å²) in [5.41, 5.74) is 1.25. The van der Waals surface area contributed by atoms with Crippen molar-refractivity contribution >= 4 is 17.7 Å². The van der Waals surface area contributed by atoms with E-state index in [1.807, 2.05) is 0 Å². The lowest BCUT2D eigenvalue weighted by Gasteiger charge is -2.32. The molecule has 3 amide bonds. The van der Waals surface area contributed by atoms with Gasteiger partial charge in [-0.1, -0.05) is 12.1 Å². The van der Waals surface area contributed by atoms with Crippen LogP contribution in [0.4, 0.5) is 4.39 Å². The summed E-state index contributed by atoms with van der Waals surface area (Å²) in [4.78, 5) is 40.6. The molecule has 32 heavy (non-hydrogen) atoms. The van der Waals surface area contributed by atoms with Crippen LogP contribution in [0.25, 0.3) is 11.5 Å². The Labute approximate surface area is 182 Å². The van der Waals surface area contributed by atoms with Crippen LogP contribution in [0.1, 0.15) is 45.4 Å². The monoisotopic (exact) mass is 434 g/mol. The normalized spacial score (nSPS) is 18.2. The zero-order valence-electron chi connectivity index (χ0n) is 17.0. The Kier molecular flexibility index (Phi) is 5.01. The predicted octanol–water partition coefficient (Wildman–Crippen LogP) is 2.88. The summed E-state index contributed by atoms with van der Waals surface area (Å²) in [6.07, 6.45) is 1.49. The SMILES string of the molecule is O=C(CN1C(=O)c2ccccc2C1=O)N1CCCC(c2nnc(-c3ccc(F)cc3)o2)C1. The quantitative estimate of drug-likeness (QED) is 0.586. The van der Waals surface area contributed by atoms with E-state index in [0.717, 1.165) is 17.7 Å². The van der Waals surface area contributed by atoms with Gasteiger partial charge >= 0.3 is 0 Å². The van der Waals surface area contributed by atoms with Gasteiger partial charge in [0.05, 0.1) is 17.0 Å². The lowest BCUT2D eigenvalue weighted by molar-refractivity contribution is -0.132. The van der Waals surface area contributed by atoms with Crippen LogP contribution in [0, 0.1) is 5.82 Å². The fourth-order valence-corrected chi connectivity index (χ4v) is 4.13. The van der Waals surface area contributed by atoms with Gasteiger partial charge in [0.25, 0.3) is 11.8 Å². The summed E-state index contributed by atoms with van der Waals surface area (Å²) in [5.74, 6) is -1.02. The number of imide groups is 1. The molecule has 8 nitrogen and oxygen atoms in total. The highest BCUT2D eigenvalue weighted by atomic mass is 19.1. The molecule has 2 aliphatic heterocycles. The first-order valence-electron chi connectivity index (χ1n) is 10.3. The Morgan fingerprint density at radius 2 is 1.72 bits per heavy atom. The van der Waals surface area contributed by atoms with Crippen molar-refractivity contribution in [3.05, 3.63) is 71.4 Å². The minimum Gasteiger partial charge on any atom is -0.420 e. The van der Waals surface area contributed by atoms with Gasteiger partial charge in [-0.05, 0) is 49.2 Å². The smallest absolute Gasteiger partial charge is 0.262 e. The molecule has 9 heteroatoms. The number of piperidine rings is 1. The molecule has 0 bridgehead atoms. The number of rotatable bonds is 4. The molecule has 0 N–H and O–H groups in total. The summed E-state index contributed by atoms with van der Waals surface area (Å²) in [6, 6.07) is 12.3. The lowest BCUT2D eigenvalue weighted by atomic mass is 9.98. The van der Waals surface area contributed by atoms with E-state index in [2.05, 4.69) is 10.2 Å². The number of halogens is 1. The third-order valence-electron chi connectivity index (χ3n) is 5.83. The summed E-state index contributed by atoms with van der Waals surface area (Å²) < 4.78 is 18.9. The van der Waals surface area contributed by atoms with Crippen LogP contribution in [0.2, 0.25) is 0 Å². The lowest BCUT2D eigenvalue weighted by Crippen LogP contribution is -2.46. The molecule has 5 rings (SSSR count). The maximum Gasteiger partial charge on any atom is 0.262 e. The molecule has 2 aromatic carbocycles. The van der Waals surface area contributed by atoms with Crippen molar-refractivity contribution in [2.45, 2.75) is 18.8 Å². The minimum absolute atomic E-state index is 0.156. The first kappa shape index (κ1) is 20.0. The van der Waals surface area contributed by atoms with Gasteiger partial charge in [-0.3, -0.25) is 19.3 Å². The number of aromatic nitrogens is 2. The Balaban J connectivity index is 1.27. The van der Waals surface area contributed by atoms with Gasteiger partial charge in [0.2, 0.25) is 17.7 Å². The molecule has 162 valence electrons. The number of fused-ring (bicyclic) bond motifs is 1. The Bertz CT molecular complexity index is 1170. The highest BCUT2D eigenvalue weighted by Crippen LogP contribution is 2.29. The van der Waals surface area contributed by atoms with E-state index in [1.165, 1.54) is 12.1 Å². The molecule has 1 aromatic heterocycles. The van der Waals surface area contributed by atoms with E-state index < -0.39 is 11.8 Å². The number of amides is 3. The fourth-order valence-electron chi connectivity index (χ4n) is 4.13. The van der Waals surface area contributed by atoms with Gasteiger partial charge < -0.3 is 9.32 Å². The summed E-state index contributed by atoms with van der Waals surface area (Å²) in [7, 11) is 0. The second-order valence-corrected chi connectivity index (χ2v) is 7.87. The minimum atomic E-state index is -0.451. The molecule has 2 aliphatic rings. The van der Waals surface area contributed by atoms with Gasteiger partial charge in [-0.15, -0.1) is 10.2 Å². The topological polar surface area (TPSA) is 96.6 Å². The number of nitrogens with zero attached hydrogens (tertiary/aromatic N) is 4. The van der Waals surface area contributed by atoms with Crippen molar-refractivity contribution in [2.24, 2.45) is 0 Å². The average molecular weight is 434 g/mol. The van der Waals surface area contributed by atoms with E-state index in [-0.39, 0.29) is 30.1 Å². The molecular weight excluding hydrogens is 415 g/mol. The third kappa shape index (κ3) is 3.55. The van der Waals surface area contributed by atoms with Crippen molar-refractivity contribution in [1.82, 2.24) is 20.0 Å². The van der Waals surface area contributed by atoms with Crippen molar-refractivity contribution in [1.29, 1.82) is 0 Å². The Morgan fingerprint density at radius 3 is 2.41 bits per heavy atom. The summed E-state index contributed by atoms with van der Waals surface area (Å²) >= 11 is 0. The number of hydrogen-bond donors (Lipinski definition) is 0. The molecule has 1 atom stereocenters. The van der Waals surface area contributed by atoms with Crippen molar-refractivity contribution < 1.29 is 23.2 Å². The van der Waals surface area contributed by atoms with Crippen LogP contribution in [0.15, 0.2) is 52.9 Å². The molecule has 1 fully saturated rings. The maximum absolute atomic E-state index is 13.1. The van der Waals surface area contributed by atoms with Gasteiger partial charge in [-0.25, -0.2) is 4.39 Å². The number of carbonyl (C=O) groups is 3. The number of benzene rings is 2. The van der Waals surface area contributed by atoms with E-state index in [1.54, 1.807) is 41.3 Å². The Morgan fingerprint density at radius 1 is 1.03 bits per heavy atom. The highest BCUT2D eigenvalue weighted by Gasteiger charge is 2.38. The second-order valence-electron chi connectivity index (χ2n) is 7.87. The zero-order chi connectivity index (χ0) is 22.2. The van der Waals surface area contributed by atoms with E-state index in [4.69, 9.17) is 4.42 Å². The molecular formula is C23H19FN4O4. The molecule has 1 unspecified atom stereocenters. The molecule has 0 radical (unpaired) electrons. The molecule has 0 saturated carbocycles. The van der Waals surface area contributed by atoms with Crippen LogP contribution >= 0.6 is 0 Å². The van der Waals surface area contributed by atoms with Crippen LogP contribution in [-0.4, -0.2) is 57.4 Å². The Hall–Kier alpha value is -3.88. The van der Waals surface area contributed by atoms with Crippen LogP contribution < -0.4 is 0 Å². The number of likely N-dealkylation sites (tertiary alicyclic amines) is 1. The second kappa shape index (κ2) is 7.99. The number of hydrogen-bond acceptors (Lipinski definition) is 6. The van der Waals surface area contributed by atoms with E-state index in [0.29, 0.717) is 35.7 Å². The van der Waals surface area contributed by atoms with Gasteiger partial charge in [-0.2, -0.15) is 0 Å². The molecule has 3 aromatic rings. The van der Waals surface area contributed by atoms with Crippen LogP contribution in [0.3, 0.4) is 0 Å². The fraction of sp³-hybridized carbons (Fsp3) is 0.261. The van der Waals surface area contributed by atoms with Crippen molar-refractivity contribution in [2.75, 3.05) is 19.6 Å². The first-order chi connectivity index (χ1) is 15.5. The van der Waals surface area contributed by atoms with E-state index in [9.17, 15) is 18.8 Å². The van der Waals surface area contributed by atoms with Gasteiger partial charge in [0.1, 0.15) is 12.4 Å². The van der Waals surface area contributed by atoms with Crippen molar-refractivity contribution in [3.63, 3.8) is 0 Å². The molecule has 0 spiro atoms. The largest absolute Gasteiger partial charge is 0.420 e. The third-order valence-corrected chi connectivity index (χ3v) is 5.83. The zero-order valence-corrected chi connectivity index (χ0v) is 17.0. The number of carbonyl (C=O) groups excluding carboxylic acids is 3. The highest BCUT2D eigenvalue weighted by molar-refractivity contribution is 6.22. The molecule has 3 heterocycles. The van der Waals surface area contributed by atoms with E-state index >= 15 is 0 Å². The predicted molar refractivity (Wildman–Crippen MR) is 110 cm³/mol. The molecule has 1 saturated heterocycles. The van der Waals surface area contributed by atoms with Crippen LogP contribution in [0.5, 0.6) is 0 Å². The first-order valence-corrected chi connectivity index (χ1v) is 10.3. The summed E-state index contributed by atoms with van der Waals surface area (Å²) in [5, 5.41) is 8.17. The summed E-state index contributed by atoms with van der Waals surface area (Å²) in [6.45, 7) is 0.578. The van der Waals surface area contributed by atoms with Gasteiger partial charge in [0.15, 0.2) is 0 Å². The van der Waals surface area contributed by atoms with Gasteiger partial charge in [0, 0.05) is 18.7 Å².